The number of aromatic nitrogens is 3. The highest BCUT2D eigenvalue weighted by Crippen LogP contribution is 2.35. The SMILES string of the molecule is OCCOCCn1ccc2ncnc(Nc3ccc(Oc4cccc(Oc5ccccc5)c4)c(Cl)c3)c21. The van der Waals surface area contributed by atoms with Crippen LogP contribution in [0.25, 0.3) is 11.0 Å². The third-order valence-electron chi connectivity index (χ3n) is 5.47. The molecule has 0 spiro atoms. The lowest BCUT2D eigenvalue weighted by molar-refractivity contribution is 0.0875. The van der Waals surface area contributed by atoms with Crippen LogP contribution < -0.4 is 14.8 Å². The Morgan fingerprint density at radius 2 is 1.65 bits per heavy atom. The molecule has 8 nitrogen and oxygen atoms in total. The van der Waals surface area contributed by atoms with Gasteiger partial charge < -0.3 is 29.2 Å². The predicted molar refractivity (Wildman–Crippen MR) is 143 cm³/mol. The van der Waals surface area contributed by atoms with Gasteiger partial charge in [-0.25, -0.2) is 9.97 Å². The van der Waals surface area contributed by atoms with Crippen molar-refractivity contribution in [2.45, 2.75) is 6.54 Å². The summed E-state index contributed by atoms with van der Waals surface area (Å²) in [5, 5.41) is 12.7. The number of rotatable bonds is 11. The third-order valence-corrected chi connectivity index (χ3v) is 5.76. The van der Waals surface area contributed by atoms with Gasteiger partial charge in [-0.3, -0.25) is 0 Å². The number of anilines is 2. The lowest BCUT2D eigenvalue weighted by atomic mass is 10.2. The lowest BCUT2D eigenvalue weighted by Gasteiger charge is -2.13. The maximum absolute atomic E-state index is 8.91. The van der Waals surface area contributed by atoms with Gasteiger partial charge in [0.25, 0.3) is 0 Å². The normalized spacial score (nSPS) is 11.0. The van der Waals surface area contributed by atoms with Crippen LogP contribution >= 0.6 is 11.6 Å². The molecule has 3 aromatic carbocycles. The van der Waals surface area contributed by atoms with Gasteiger partial charge in [-0.15, -0.1) is 0 Å². The molecule has 0 fully saturated rings. The van der Waals surface area contributed by atoms with E-state index in [-0.39, 0.29) is 6.61 Å². The van der Waals surface area contributed by atoms with Crippen molar-refractivity contribution in [2.75, 3.05) is 25.1 Å². The molecule has 9 heteroatoms. The minimum atomic E-state index is -0.00425. The topological polar surface area (TPSA) is 90.7 Å². The average molecular weight is 517 g/mol. The predicted octanol–water partition coefficient (Wildman–Crippen LogP) is 6.42. The summed E-state index contributed by atoms with van der Waals surface area (Å²) < 4.78 is 19.3. The van der Waals surface area contributed by atoms with E-state index >= 15 is 0 Å². The molecule has 0 atom stereocenters. The molecular weight excluding hydrogens is 492 g/mol. The molecule has 188 valence electrons. The summed E-state index contributed by atoms with van der Waals surface area (Å²) in [7, 11) is 0. The summed E-state index contributed by atoms with van der Waals surface area (Å²) in [5.41, 5.74) is 2.41. The highest BCUT2D eigenvalue weighted by atomic mass is 35.5. The fourth-order valence-corrected chi connectivity index (χ4v) is 4.01. The standard InChI is InChI=1S/C28H25ClN4O4/c29-24-17-20(32-28-27-25(30-19-31-28)11-12-33(27)13-15-35-16-14-34)9-10-26(24)37-23-8-4-7-22(18-23)36-21-5-2-1-3-6-21/h1-12,17-19,34H,13-16H2,(H,30,31,32). The first-order chi connectivity index (χ1) is 18.2. The molecule has 0 unspecified atom stereocenters. The van der Waals surface area contributed by atoms with Gasteiger partial charge in [0.1, 0.15) is 34.8 Å². The van der Waals surface area contributed by atoms with Crippen LogP contribution in [0.15, 0.2) is 91.4 Å². The molecule has 0 aliphatic carbocycles. The zero-order valence-electron chi connectivity index (χ0n) is 19.9. The van der Waals surface area contributed by atoms with E-state index in [0.717, 1.165) is 22.5 Å². The Bertz CT molecular complexity index is 1480. The van der Waals surface area contributed by atoms with Gasteiger partial charge in [0.2, 0.25) is 0 Å². The minimum Gasteiger partial charge on any atom is -0.457 e. The third kappa shape index (κ3) is 6.18. The number of hydrogen-bond acceptors (Lipinski definition) is 7. The van der Waals surface area contributed by atoms with E-state index < -0.39 is 0 Å². The van der Waals surface area contributed by atoms with Crippen LogP contribution in [-0.2, 0) is 11.3 Å². The Balaban J connectivity index is 1.30. The number of fused-ring (bicyclic) bond motifs is 1. The molecule has 0 saturated carbocycles. The van der Waals surface area contributed by atoms with Crippen molar-refractivity contribution >= 4 is 34.1 Å². The highest BCUT2D eigenvalue weighted by molar-refractivity contribution is 6.32. The molecule has 2 N–H and O–H groups in total. The fourth-order valence-electron chi connectivity index (χ4n) is 3.79. The number of aliphatic hydroxyl groups is 1. The van der Waals surface area contributed by atoms with Crippen LogP contribution in [-0.4, -0.2) is 39.5 Å². The van der Waals surface area contributed by atoms with E-state index in [0.29, 0.717) is 47.8 Å². The molecule has 0 bridgehead atoms. The van der Waals surface area contributed by atoms with Gasteiger partial charge in [-0.2, -0.15) is 0 Å². The first-order valence-corrected chi connectivity index (χ1v) is 12.1. The summed E-state index contributed by atoms with van der Waals surface area (Å²) in [4.78, 5) is 8.78. The molecule has 2 heterocycles. The van der Waals surface area contributed by atoms with Crippen LogP contribution in [0.3, 0.4) is 0 Å². The molecule has 0 aliphatic rings. The molecule has 5 rings (SSSR count). The van der Waals surface area contributed by atoms with Gasteiger partial charge in [-0.1, -0.05) is 35.9 Å². The number of para-hydroxylation sites is 1. The second kappa shape index (κ2) is 11.7. The van der Waals surface area contributed by atoms with E-state index in [2.05, 4.69) is 15.3 Å². The summed E-state index contributed by atoms with van der Waals surface area (Å²) in [5.74, 6) is 3.18. The molecule has 0 amide bonds. The number of benzene rings is 3. The number of aliphatic hydroxyl groups excluding tert-OH is 1. The molecule has 5 aromatic rings. The Morgan fingerprint density at radius 3 is 2.46 bits per heavy atom. The van der Waals surface area contributed by atoms with Crippen molar-refractivity contribution in [1.82, 2.24) is 14.5 Å². The summed E-state index contributed by atoms with van der Waals surface area (Å²) in [6.07, 6.45) is 3.45. The summed E-state index contributed by atoms with van der Waals surface area (Å²) >= 11 is 6.57. The fraction of sp³-hybridized carbons (Fsp3) is 0.143. The van der Waals surface area contributed by atoms with Crippen LogP contribution in [0.1, 0.15) is 0 Å². The first kappa shape index (κ1) is 24.6. The number of ether oxygens (including phenoxy) is 3. The molecule has 37 heavy (non-hydrogen) atoms. The van der Waals surface area contributed by atoms with Crippen LogP contribution in [0.2, 0.25) is 5.02 Å². The van der Waals surface area contributed by atoms with Crippen LogP contribution in [0, 0.1) is 0 Å². The second-order valence-corrected chi connectivity index (χ2v) is 8.47. The molecule has 0 saturated heterocycles. The van der Waals surface area contributed by atoms with Gasteiger partial charge in [0, 0.05) is 24.5 Å². The van der Waals surface area contributed by atoms with E-state index in [1.807, 2.05) is 77.5 Å². The van der Waals surface area contributed by atoms with E-state index in [9.17, 15) is 0 Å². The molecular formula is C28H25ClN4O4. The average Bonchev–Trinajstić information content (AvgIpc) is 3.33. The number of nitrogens with one attached hydrogen (secondary N) is 1. The summed E-state index contributed by atoms with van der Waals surface area (Å²) in [6, 6.07) is 24.3. The number of nitrogens with zero attached hydrogens (tertiary/aromatic N) is 3. The van der Waals surface area contributed by atoms with Crippen LogP contribution in [0.5, 0.6) is 23.0 Å². The van der Waals surface area contributed by atoms with E-state index in [1.54, 1.807) is 12.1 Å². The Morgan fingerprint density at radius 1 is 0.838 bits per heavy atom. The van der Waals surface area contributed by atoms with Crippen molar-refractivity contribution < 1.29 is 19.3 Å². The molecule has 0 radical (unpaired) electrons. The largest absolute Gasteiger partial charge is 0.457 e. The number of halogens is 1. The smallest absolute Gasteiger partial charge is 0.158 e. The second-order valence-electron chi connectivity index (χ2n) is 8.06. The van der Waals surface area contributed by atoms with Gasteiger partial charge >= 0.3 is 0 Å². The zero-order chi connectivity index (χ0) is 25.5. The molecule has 2 aromatic heterocycles. The van der Waals surface area contributed by atoms with E-state index in [4.69, 9.17) is 30.9 Å². The number of hydrogen-bond donors (Lipinski definition) is 2. The van der Waals surface area contributed by atoms with Crippen molar-refractivity contribution in [3.63, 3.8) is 0 Å². The van der Waals surface area contributed by atoms with E-state index in [1.165, 1.54) is 6.33 Å². The monoisotopic (exact) mass is 516 g/mol. The highest BCUT2D eigenvalue weighted by Gasteiger charge is 2.12. The van der Waals surface area contributed by atoms with Crippen LogP contribution in [0.4, 0.5) is 11.5 Å². The van der Waals surface area contributed by atoms with Crippen molar-refractivity contribution in [2.24, 2.45) is 0 Å². The maximum Gasteiger partial charge on any atom is 0.158 e. The zero-order valence-corrected chi connectivity index (χ0v) is 20.6. The molecule has 0 aliphatic heterocycles. The van der Waals surface area contributed by atoms with Crippen molar-refractivity contribution in [1.29, 1.82) is 0 Å². The Kier molecular flexibility index (Phi) is 7.81. The maximum atomic E-state index is 8.91. The van der Waals surface area contributed by atoms with Crippen molar-refractivity contribution in [3.05, 3.63) is 96.4 Å². The van der Waals surface area contributed by atoms with Crippen molar-refractivity contribution in [3.8, 4) is 23.0 Å². The summed E-state index contributed by atoms with van der Waals surface area (Å²) in [6.45, 7) is 1.37. The lowest BCUT2D eigenvalue weighted by Crippen LogP contribution is -2.09. The Hall–Kier alpha value is -4.11. The van der Waals surface area contributed by atoms with Gasteiger partial charge in [-0.05, 0) is 48.5 Å². The minimum absolute atomic E-state index is 0.00425. The van der Waals surface area contributed by atoms with Gasteiger partial charge in [0.05, 0.1) is 30.4 Å². The first-order valence-electron chi connectivity index (χ1n) is 11.8. The van der Waals surface area contributed by atoms with Gasteiger partial charge in [0.15, 0.2) is 5.82 Å². The Labute approximate surface area is 219 Å². The quantitative estimate of drug-likeness (QED) is 0.196.